The van der Waals surface area contributed by atoms with E-state index in [0.29, 0.717) is 13.0 Å². The van der Waals surface area contributed by atoms with Crippen molar-refractivity contribution in [2.24, 2.45) is 0 Å². The van der Waals surface area contributed by atoms with Crippen LogP contribution in [0.25, 0.3) is 0 Å². The Kier molecular flexibility index (Phi) is 5.14. The average molecular weight is 338 g/mol. The van der Waals surface area contributed by atoms with E-state index >= 15 is 0 Å². The molecule has 130 valence electrons. The molecule has 1 aliphatic rings. The van der Waals surface area contributed by atoms with Crippen LogP contribution in [0.3, 0.4) is 0 Å². The van der Waals surface area contributed by atoms with Crippen LogP contribution in [-0.4, -0.2) is 35.5 Å². The Bertz CT molecular complexity index is 761. The van der Waals surface area contributed by atoms with Crippen molar-refractivity contribution in [3.63, 3.8) is 0 Å². The molecule has 0 saturated heterocycles. The number of hydrogen-bond donors (Lipinski definition) is 2. The number of nitrogens with zero attached hydrogens (tertiary/aromatic N) is 1. The van der Waals surface area contributed by atoms with Crippen molar-refractivity contribution < 1.29 is 14.7 Å². The molecule has 2 aromatic rings. The summed E-state index contributed by atoms with van der Waals surface area (Å²) in [6, 6.07) is 17.2. The molecule has 0 heterocycles. The van der Waals surface area contributed by atoms with Crippen LogP contribution in [0.4, 0.5) is 0 Å². The number of hydrogen-bond acceptors (Lipinski definition) is 3. The highest BCUT2D eigenvalue weighted by Crippen LogP contribution is 2.40. The van der Waals surface area contributed by atoms with Gasteiger partial charge >= 0.3 is 5.97 Å². The number of carbonyl (C=O) groups is 2. The SMILES string of the molecule is CN(CC(=O)NC1CC(C(=O)O)c2ccccc21)Cc1ccccc1. The van der Waals surface area contributed by atoms with Crippen LogP contribution in [-0.2, 0) is 16.1 Å². The van der Waals surface area contributed by atoms with Gasteiger partial charge in [-0.3, -0.25) is 14.5 Å². The summed E-state index contributed by atoms with van der Waals surface area (Å²) in [7, 11) is 1.90. The lowest BCUT2D eigenvalue weighted by Gasteiger charge is -2.19. The molecule has 2 aromatic carbocycles. The van der Waals surface area contributed by atoms with E-state index in [2.05, 4.69) is 5.32 Å². The predicted octanol–water partition coefficient (Wildman–Crippen LogP) is 2.55. The molecule has 5 nitrogen and oxygen atoms in total. The van der Waals surface area contributed by atoms with Gasteiger partial charge in [-0.25, -0.2) is 0 Å². The molecule has 3 rings (SSSR count). The predicted molar refractivity (Wildman–Crippen MR) is 95.1 cm³/mol. The number of nitrogens with one attached hydrogen (secondary N) is 1. The molecule has 0 aromatic heterocycles. The van der Waals surface area contributed by atoms with Crippen LogP contribution in [0.2, 0.25) is 0 Å². The van der Waals surface area contributed by atoms with Crippen molar-refractivity contribution >= 4 is 11.9 Å². The summed E-state index contributed by atoms with van der Waals surface area (Å²) in [5.74, 6) is -1.49. The lowest BCUT2D eigenvalue weighted by atomic mass is 10.0. The number of benzene rings is 2. The Morgan fingerprint density at radius 3 is 2.40 bits per heavy atom. The van der Waals surface area contributed by atoms with Crippen LogP contribution >= 0.6 is 0 Å². The average Bonchev–Trinajstić information content (AvgIpc) is 2.94. The number of carbonyl (C=O) groups excluding carboxylic acids is 1. The van der Waals surface area contributed by atoms with Gasteiger partial charge in [-0.15, -0.1) is 0 Å². The Labute approximate surface area is 147 Å². The topological polar surface area (TPSA) is 69.6 Å². The molecular weight excluding hydrogens is 316 g/mol. The van der Waals surface area contributed by atoms with E-state index in [1.165, 1.54) is 0 Å². The van der Waals surface area contributed by atoms with Crippen LogP contribution in [0.1, 0.15) is 35.1 Å². The van der Waals surface area contributed by atoms with E-state index in [0.717, 1.165) is 16.7 Å². The van der Waals surface area contributed by atoms with Crippen molar-refractivity contribution in [2.75, 3.05) is 13.6 Å². The number of carboxylic acids is 1. The lowest BCUT2D eigenvalue weighted by Crippen LogP contribution is -2.36. The Morgan fingerprint density at radius 1 is 1.08 bits per heavy atom. The molecule has 2 N–H and O–H groups in total. The van der Waals surface area contributed by atoms with Crippen LogP contribution < -0.4 is 5.32 Å². The van der Waals surface area contributed by atoms with Crippen molar-refractivity contribution in [2.45, 2.75) is 24.9 Å². The van der Waals surface area contributed by atoms with E-state index in [9.17, 15) is 14.7 Å². The standard InChI is InChI=1S/C20H22N2O3/c1-22(12-14-7-3-2-4-8-14)13-19(23)21-18-11-17(20(24)25)15-9-5-6-10-16(15)18/h2-10,17-18H,11-13H2,1H3,(H,21,23)(H,24,25). The van der Waals surface area contributed by atoms with E-state index in [1.54, 1.807) is 0 Å². The Hall–Kier alpha value is -2.66. The van der Waals surface area contributed by atoms with Gasteiger partial charge in [0.15, 0.2) is 0 Å². The number of rotatable bonds is 6. The van der Waals surface area contributed by atoms with E-state index < -0.39 is 11.9 Å². The van der Waals surface area contributed by atoms with Crippen LogP contribution in [0.5, 0.6) is 0 Å². The van der Waals surface area contributed by atoms with Gasteiger partial charge in [-0.2, -0.15) is 0 Å². The summed E-state index contributed by atoms with van der Waals surface area (Å²) < 4.78 is 0. The molecular formula is C20H22N2O3. The second kappa shape index (κ2) is 7.49. The highest BCUT2D eigenvalue weighted by Gasteiger charge is 2.35. The molecule has 1 aliphatic carbocycles. The zero-order valence-electron chi connectivity index (χ0n) is 14.2. The molecule has 1 amide bonds. The zero-order chi connectivity index (χ0) is 17.8. The zero-order valence-corrected chi connectivity index (χ0v) is 14.2. The first-order valence-corrected chi connectivity index (χ1v) is 8.38. The summed E-state index contributed by atoms with van der Waals surface area (Å²) in [5.41, 5.74) is 2.86. The first kappa shape index (κ1) is 17.2. The number of carboxylic acid groups (broad SMARTS) is 1. The third kappa shape index (κ3) is 4.06. The normalized spacial score (nSPS) is 18.8. The molecule has 2 unspecified atom stereocenters. The first-order chi connectivity index (χ1) is 12.0. The van der Waals surface area contributed by atoms with Gasteiger partial charge in [0.25, 0.3) is 0 Å². The van der Waals surface area contributed by atoms with Gasteiger partial charge in [0.1, 0.15) is 0 Å². The minimum absolute atomic E-state index is 0.0933. The lowest BCUT2D eigenvalue weighted by molar-refractivity contribution is -0.139. The van der Waals surface area contributed by atoms with Gasteiger partial charge in [-0.1, -0.05) is 54.6 Å². The fraction of sp³-hybridized carbons (Fsp3) is 0.300. The second-order valence-electron chi connectivity index (χ2n) is 6.53. The summed E-state index contributed by atoms with van der Waals surface area (Å²) >= 11 is 0. The molecule has 0 bridgehead atoms. The smallest absolute Gasteiger partial charge is 0.311 e. The minimum Gasteiger partial charge on any atom is -0.481 e. The highest BCUT2D eigenvalue weighted by molar-refractivity contribution is 5.81. The molecule has 0 radical (unpaired) electrons. The minimum atomic E-state index is -0.842. The largest absolute Gasteiger partial charge is 0.481 e. The Morgan fingerprint density at radius 2 is 1.72 bits per heavy atom. The van der Waals surface area contributed by atoms with Crippen molar-refractivity contribution in [3.8, 4) is 0 Å². The maximum absolute atomic E-state index is 12.4. The summed E-state index contributed by atoms with van der Waals surface area (Å²) in [4.78, 5) is 25.8. The molecule has 0 saturated carbocycles. The maximum atomic E-state index is 12.4. The summed E-state index contributed by atoms with van der Waals surface area (Å²) in [5, 5.41) is 12.4. The molecule has 5 heteroatoms. The van der Waals surface area contributed by atoms with Crippen molar-refractivity contribution in [1.82, 2.24) is 10.2 Å². The maximum Gasteiger partial charge on any atom is 0.311 e. The number of amides is 1. The third-order valence-electron chi connectivity index (χ3n) is 4.56. The number of fused-ring (bicyclic) bond motifs is 1. The van der Waals surface area contributed by atoms with Gasteiger partial charge < -0.3 is 10.4 Å². The van der Waals surface area contributed by atoms with Crippen molar-refractivity contribution in [3.05, 3.63) is 71.3 Å². The second-order valence-corrected chi connectivity index (χ2v) is 6.53. The first-order valence-electron chi connectivity index (χ1n) is 8.38. The van der Waals surface area contributed by atoms with Gasteiger partial charge in [0.05, 0.1) is 18.5 Å². The van der Waals surface area contributed by atoms with Gasteiger partial charge in [0.2, 0.25) is 5.91 Å². The molecule has 0 fully saturated rings. The van der Waals surface area contributed by atoms with Gasteiger partial charge in [0, 0.05) is 6.54 Å². The Balaban J connectivity index is 1.61. The fourth-order valence-electron chi connectivity index (χ4n) is 3.44. The fourth-order valence-corrected chi connectivity index (χ4v) is 3.44. The summed E-state index contributed by atoms with van der Waals surface area (Å²) in [6.45, 7) is 0.957. The number of likely N-dealkylation sites (N-methyl/N-ethyl adjacent to an activating group) is 1. The van der Waals surface area contributed by atoms with Crippen LogP contribution in [0, 0.1) is 0 Å². The molecule has 25 heavy (non-hydrogen) atoms. The number of aliphatic carboxylic acids is 1. The van der Waals surface area contributed by atoms with Crippen molar-refractivity contribution in [1.29, 1.82) is 0 Å². The van der Waals surface area contributed by atoms with Gasteiger partial charge in [-0.05, 0) is 30.2 Å². The quantitative estimate of drug-likeness (QED) is 0.849. The molecule has 0 spiro atoms. The van der Waals surface area contributed by atoms with E-state index in [1.807, 2.05) is 66.5 Å². The highest BCUT2D eigenvalue weighted by atomic mass is 16.4. The third-order valence-corrected chi connectivity index (χ3v) is 4.56. The van der Waals surface area contributed by atoms with Crippen LogP contribution in [0.15, 0.2) is 54.6 Å². The molecule has 0 aliphatic heterocycles. The van der Waals surface area contributed by atoms with E-state index in [-0.39, 0.29) is 18.5 Å². The van der Waals surface area contributed by atoms with E-state index in [4.69, 9.17) is 0 Å². The monoisotopic (exact) mass is 338 g/mol. The summed E-state index contributed by atoms with van der Waals surface area (Å²) in [6.07, 6.45) is 0.406. The molecule has 2 atom stereocenters.